The van der Waals surface area contributed by atoms with Gasteiger partial charge in [0.25, 0.3) is 0 Å². The standard InChI is InChI=1S/C14H14N2O.BF4/c15-9-10-16-11-5-1-3-7-13(11)17-14-8-4-2-6-12(14)16;2-1(3,4)5/h1-8H,9-10,15H2;/q;-1/p+1. The van der Waals surface area contributed by atoms with Crippen LogP contribution in [0.3, 0.4) is 0 Å². The second-order valence-electron chi connectivity index (χ2n) is 4.54. The third kappa shape index (κ3) is 4.14. The van der Waals surface area contributed by atoms with Gasteiger partial charge in [0.1, 0.15) is 0 Å². The van der Waals surface area contributed by atoms with Crippen molar-refractivity contribution in [2.75, 3.05) is 18.0 Å². The number of hydrogen-bond acceptors (Lipinski definition) is 2. The molecule has 0 atom stereocenters. The molecule has 0 amide bonds. The van der Waals surface area contributed by atoms with Crippen LogP contribution in [-0.4, -0.2) is 20.3 Å². The molecule has 0 unspecified atom stereocenters. The molecule has 0 radical (unpaired) electrons. The van der Waals surface area contributed by atoms with E-state index in [0.29, 0.717) is 0 Å². The van der Waals surface area contributed by atoms with Crippen LogP contribution in [0.4, 0.5) is 28.6 Å². The molecule has 0 fully saturated rings. The summed E-state index contributed by atoms with van der Waals surface area (Å²) in [6, 6.07) is 16.2. The minimum absolute atomic E-state index is 0.864. The Hall–Kier alpha value is -2.22. The molecule has 1 aliphatic heterocycles. The molecular weight excluding hydrogens is 299 g/mol. The van der Waals surface area contributed by atoms with Crippen molar-refractivity contribution in [1.82, 2.24) is 0 Å². The topological polar surface area (TPSA) is 40.1 Å². The number of rotatable bonds is 2. The van der Waals surface area contributed by atoms with Crippen molar-refractivity contribution < 1.29 is 27.7 Å². The van der Waals surface area contributed by atoms with Crippen LogP contribution >= 0.6 is 0 Å². The fourth-order valence-corrected chi connectivity index (χ4v) is 2.18. The van der Waals surface area contributed by atoms with E-state index in [4.69, 9.17) is 4.74 Å². The Balaban J connectivity index is 0.000000309. The maximum absolute atomic E-state index is 9.75. The van der Waals surface area contributed by atoms with E-state index in [1.54, 1.807) is 0 Å². The zero-order chi connectivity index (χ0) is 16.2. The molecule has 0 saturated carbocycles. The SMILES string of the molecule is F[B-](F)(F)F.[NH3+]CCN1c2ccccc2Oc2ccccc21. The fourth-order valence-electron chi connectivity index (χ4n) is 2.18. The number of nitrogens with zero attached hydrogens (tertiary/aromatic N) is 1. The largest absolute Gasteiger partial charge is 0.673 e. The van der Waals surface area contributed by atoms with E-state index < -0.39 is 7.25 Å². The highest BCUT2D eigenvalue weighted by molar-refractivity contribution is 6.50. The molecule has 1 heterocycles. The summed E-state index contributed by atoms with van der Waals surface area (Å²) in [7, 11) is -6.00. The van der Waals surface area contributed by atoms with Gasteiger partial charge in [-0.25, -0.2) is 0 Å². The normalized spacial score (nSPS) is 12.5. The molecule has 1 aliphatic rings. The van der Waals surface area contributed by atoms with Crippen LogP contribution in [0, 0.1) is 0 Å². The van der Waals surface area contributed by atoms with Gasteiger partial charge < -0.3 is 32.6 Å². The smallest absolute Gasteiger partial charge is 0.453 e. The van der Waals surface area contributed by atoms with Crippen molar-refractivity contribution in [3.05, 3.63) is 48.5 Å². The molecule has 3 N–H and O–H groups in total. The molecule has 118 valence electrons. The predicted molar refractivity (Wildman–Crippen MR) is 77.9 cm³/mol. The lowest BCUT2D eigenvalue weighted by molar-refractivity contribution is -0.363. The van der Waals surface area contributed by atoms with Gasteiger partial charge in [-0.3, -0.25) is 0 Å². The van der Waals surface area contributed by atoms with Crippen LogP contribution in [-0.2, 0) is 0 Å². The summed E-state index contributed by atoms with van der Waals surface area (Å²) in [4.78, 5) is 2.27. The molecule has 0 bridgehead atoms. The Kier molecular flexibility index (Phi) is 4.92. The minimum Gasteiger partial charge on any atom is -0.453 e. The number of fused-ring (bicyclic) bond motifs is 2. The minimum atomic E-state index is -6.00. The van der Waals surface area contributed by atoms with Crippen molar-refractivity contribution in [3.63, 3.8) is 0 Å². The second kappa shape index (κ2) is 6.70. The van der Waals surface area contributed by atoms with Crippen LogP contribution in [0.1, 0.15) is 0 Å². The molecule has 0 aromatic heterocycles. The highest BCUT2D eigenvalue weighted by Gasteiger charge is 2.23. The van der Waals surface area contributed by atoms with Crippen LogP contribution in [0.2, 0.25) is 0 Å². The molecule has 0 saturated heterocycles. The van der Waals surface area contributed by atoms with Crippen molar-refractivity contribution in [1.29, 1.82) is 0 Å². The lowest BCUT2D eigenvalue weighted by Crippen LogP contribution is -2.54. The molecule has 2 aromatic rings. The Bertz CT molecular complexity index is 585. The Morgan fingerprint density at radius 1 is 0.864 bits per heavy atom. The van der Waals surface area contributed by atoms with E-state index in [1.807, 2.05) is 36.4 Å². The van der Waals surface area contributed by atoms with Crippen LogP contribution < -0.4 is 15.4 Å². The van der Waals surface area contributed by atoms with E-state index in [9.17, 15) is 17.3 Å². The molecular formula is C14H15BF4N2O. The van der Waals surface area contributed by atoms with E-state index in [0.717, 1.165) is 36.0 Å². The number of anilines is 2. The molecule has 2 aromatic carbocycles. The third-order valence-corrected chi connectivity index (χ3v) is 2.91. The van der Waals surface area contributed by atoms with Crippen molar-refractivity contribution >= 4 is 18.6 Å². The summed E-state index contributed by atoms with van der Waals surface area (Å²) in [5.41, 5.74) is 6.18. The van der Waals surface area contributed by atoms with Gasteiger partial charge >= 0.3 is 7.25 Å². The van der Waals surface area contributed by atoms with Gasteiger partial charge in [0, 0.05) is 0 Å². The Labute approximate surface area is 125 Å². The monoisotopic (exact) mass is 314 g/mol. The van der Waals surface area contributed by atoms with Crippen LogP contribution in [0.15, 0.2) is 48.5 Å². The maximum atomic E-state index is 9.75. The van der Waals surface area contributed by atoms with Crippen LogP contribution in [0.25, 0.3) is 0 Å². The van der Waals surface area contributed by atoms with Crippen molar-refractivity contribution in [2.45, 2.75) is 0 Å². The molecule has 0 aliphatic carbocycles. The number of ether oxygens (including phenoxy) is 1. The number of quaternary nitrogens is 1. The number of halogens is 4. The summed E-state index contributed by atoms with van der Waals surface area (Å²) in [5, 5.41) is 0. The number of benzene rings is 2. The summed E-state index contributed by atoms with van der Waals surface area (Å²) in [6.07, 6.45) is 0. The first-order valence-electron chi connectivity index (χ1n) is 6.70. The summed E-state index contributed by atoms with van der Waals surface area (Å²) >= 11 is 0. The van der Waals surface area contributed by atoms with Crippen LogP contribution in [0.5, 0.6) is 11.5 Å². The van der Waals surface area contributed by atoms with Gasteiger partial charge in [-0.05, 0) is 24.3 Å². The Morgan fingerprint density at radius 2 is 1.27 bits per heavy atom. The zero-order valence-corrected chi connectivity index (χ0v) is 11.7. The van der Waals surface area contributed by atoms with Crippen molar-refractivity contribution in [2.24, 2.45) is 0 Å². The summed E-state index contributed by atoms with van der Waals surface area (Å²) in [5.74, 6) is 1.83. The maximum Gasteiger partial charge on any atom is 0.673 e. The van der Waals surface area contributed by atoms with Gasteiger partial charge in [0.05, 0.1) is 24.5 Å². The average molecular weight is 314 g/mol. The quantitative estimate of drug-likeness (QED) is 0.681. The fraction of sp³-hybridized carbons (Fsp3) is 0.143. The summed E-state index contributed by atoms with van der Waals surface area (Å²) < 4.78 is 44.9. The first-order chi connectivity index (χ1) is 10.4. The van der Waals surface area contributed by atoms with Gasteiger partial charge in [0.2, 0.25) is 0 Å². The number of para-hydroxylation sites is 4. The first-order valence-corrected chi connectivity index (χ1v) is 6.70. The Morgan fingerprint density at radius 3 is 1.68 bits per heavy atom. The molecule has 3 nitrogen and oxygen atoms in total. The van der Waals surface area contributed by atoms with E-state index >= 15 is 0 Å². The van der Waals surface area contributed by atoms with E-state index in [-0.39, 0.29) is 0 Å². The van der Waals surface area contributed by atoms with Crippen molar-refractivity contribution in [3.8, 4) is 11.5 Å². The van der Waals surface area contributed by atoms with E-state index in [1.165, 1.54) is 0 Å². The molecule has 3 rings (SSSR count). The molecule has 8 heteroatoms. The average Bonchev–Trinajstić information content (AvgIpc) is 2.45. The predicted octanol–water partition coefficient (Wildman–Crippen LogP) is 3.47. The van der Waals surface area contributed by atoms with Gasteiger partial charge in [0.15, 0.2) is 11.5 Å². The van der Waals surface area contributed by atoms with Gasteiger partial charge in [-0.2, -0.15) is 0 Å². The van der Waals surface area contributed by atoms with Gasteiger partial charge in [-0.1, -0.05) is 24.3 Å². The highest BCUT2D eigenvalue weighted by Crippen LogP contribution is 2.45. The second-order valence-corrected chi connectivity index (χ2v) is 4.54. The third-order valence-electron chi connectivity index (χ3n) is 2.91. The lowest BCUT2D eigenvalue weighted by atomic mass is 10.1. The lowest BCUT2D eigenvalue weighted by Gasteiger charge is -2.31. The van der Waals surface area contributed by atoms with E-state index in [2.05, 4.69) is 22.8 Å². The van der Waals surface area contributed by atoms with Gasteiger partial charge in [-0.15, -0.1) is 0 Å². The first kappa shape index (κ1) is 16.2. The number of hydrogen-bond donors (Lipinski definition) is 1. The highest BCUT2D eigenvalue weighted by atomic mass is 19.5. The zero-order valence-electron chi connectivity index (χ0n) is 11.7. The summed E-state index contributed by atoms with van der Waals surface area (Å²) in [6.45, 7) is 1.76. The molecule has 0 spiro atoms. The molecule has 22 heavy (non-hydrogen) atoms.